The van der Waals surface area contributed by atoms with Crippen molar-refractivity contribution in [2.75, 3.05) is 26.6 Å². The van der Waals surface area contributed by atoms with Gasteiger partial charge in [0.2, 0.25) is 5.91 Å². The molecule has 0 bridgehead atoms. The Labute approximate surface area is 151 Å². The molecule has 0 aliphatic rings. The highest BCUT2D eigenvalue weighted by molar-refractivity contribution is 6.07. The van der Waals surface area contributed by atoms with Gasteiger partial charge in [-0.15, -0.1) is 0 Å². The number of carbonyl (C=O) groups is 2. The number of methoxy groups -OCH3 is 3. The topological polar surface area (TPSA) is 99.9 Å². The minimum atomic E-state index is -0.664. The third kappa shape index (κ3) is 4.54. The van der Waals surface area contributed by atoms with Gasteiger partial charge in [0, 0.05) is 6.08 Å². The van der Waals surface area contributed by atoms with Crippen molar-refractivity contribution in [1.82, 2.24) is 0 Å². The maximum absolute atomic E-state index is 12.2. The molecule has 0 atom stereocenters. The third-order valence-electron chi connectivity index (χ3n) is 3.58. The second-order valence-electron chi connectivity index (χ2n) is 5.21. The Kier molecular flexibility index (Phi) is 6.21. The van der Waals surface area contributed by atoms with Crippen LogP contribution in [-0.4, -0.2) is 33.1 Å². The molecule has 0 aromatic heterocycles. The van der Waals surface area contributed by atoms with E-state index >= 15 is 0 Å². The molecule has 2 amide bonds. The van der Waals surface area contributed by atoms with Crippen molar-refractivity contribution >= 4 is 23.6 Å². The van der Waals surface area contributed by atoms with Gasteiger partial charge in [-0.3, -0.25) is 9.59 Å². The maximum Gasteiger partial charge on any atom is 0.250 e. The molecular weight excluding hydrogens is 336 g/mol. The molecule has 7 heteroatoms. The van der Waals surface area contributed by atoms with E-state index in [2.05, 4.69) is 5.32 Å². The highest BCUT2D eigenvalue weighted by Gasteiger charge is 2.11. The van der Waals surface area contributed by atoms with Crippen molar-refractivity contribution in [2.45, 2.75) is 0 Å². The van der Waals surface area contributed by atoms with E-state index in [0.717, 1.165) is 5.56 Å². The number of ether oxygens (including phenoxy) is 3. The fraction of sp³-hybridized carbons (Fsp3) is 0.158. The van der Waals surface area contributed by atoms with Crippen molar-refractivity contribution in [3.05, 3.63) is 53.6 Å². The standard InChI is InChI=1S/C19H20N2O5/c1-24-13-6-7-15(14(11-13)19(20)23)21-18(22)9-5-12-4-8-16(25-2)17(10-12)26-3/h4-11H,1-3H3,(H2,20,23)(H,21,22). The van der Waals surface area contributed by atoms with Crippen LogP contribution in [-0.2, 0) is 4.79 Å². The second-order valence-corrected chi connectivity index (χ2v) is 5.21. The van der Waals surface area contributed by atoms with Crippen LogP contribution in [0.3, 0.4) is 0 Å². The molecule has 2 aromatic rings. The smallest absolute Gasteiger partial charge is 0.250 e. The zero-order valence-electron chi connectivity index (χ0n) is 14.7. The van der Waals surface area contributed by atoms with Gasteiger partial charge < -0.3 is 25.3 Å². The van der Waals surface area contributed by atoms with Gasteiger partial charge in [0.1, 0.15) is 5.75 Å². The van der Waals surface area contributed by atoms with Crippen molar-refractivity contribution in [2.24, 2.45) is 5.73 Å². The van der Waals surface area contributed by atoms with Crippen LogP contribution in [0.5, 0.6) is 17.2 Å². The number of primary amides is 1. The van der Waals surface area contributed by atoms with Crippen LogP contribution in [0, 0.1) is 0 Å². The zero-order chi connectivity index (χ0) is 19.1. The lowest BCUT2D eigenvalue weighted by Gasteiger charge is -2.09. The lowest BCUT2D eigenvalue weighted by Crippen LogP contribution is -2.17. The molecule has 0 saturated carbocycles. The Balaban J connectivity index is 2.16. The first-order chi connectivity index (χ1) is 12.5. The van der Waals surface area contributed by atoms with Crippen LogP contribution in [0.25, 0.3) is 6.08 Å². The van der Waals surface area contributed by atoms with Gasteiger partial charge >= 0.3 is 0 Å². The molecule has 0 radical (unpaired) electrons. The first kappa shape index (κ1) is 18.9. The summed E-state index contributed by atoms with van der Waals surface area (Å²) in [4.78, 5) is 23.7. The van der Waals surface area contributed by atoms with Crippen LogP contribution in [0.4, 0.5) is 5.69 Å². The van der Waals surface area contributed by atoms with Crippen molar-refractivity contribution in [3.63, 3.8) is 0 Å². The number of carbonyl (C=O) groups excluding carboxylic acids is 2. The molecule has 7 nitrogen and oxygen atoms in total. The predicted molar refractivity (Wildman–Crippen MR) is 98.7 cm³/mol. The van der Waals surface area contributed by atoms with Gasteiger partial charge in [0.25, 0.3) is 5.91 Å². The Bertz CT molecular complexity index is 846. The summed E-state index contributed by atoms with van der Waals surface area (Å²) in [6.07, 6.45) is 2.96. The Hall–Kier alpha value is -3.48. The van der Waals surface area contributed by atoms with Gasteiger partial charge in [-0.2, -0.15) is 0 Å². The molecule has 0 fully saturated rings. The van der Waals surface area contributed by atoms with E-state index in [4.69, 9.17) is 19.9 Å². The van der Waals surface area contributed by atoms with E-state index in [0.29, 0.717) is 22.9 Å². The maximum atomic E-state index is 12.2. The largest absolute Gasteiger partial charge is 0.497 e. The quantitative estimate of drug-likeness (QED) is 0.742. The number of nitrogens with two attached hydrogens (primary N) is 1. The van der Waals surface area contributed by atoms with Gasteiger partial charge in [-0.05, 0) is 42.0 Å². The number of hydrogen-bond acceptors (Lipinski definition) is 5. The molecule has 0 unspecified atom stereocenters. The first-order valence-electron chi connectivity index (χ1n) is 7.67. The monoisotopic (exact) mass is 356 g/mol. The number of rotatable bonds is 7. The van der Waals surface area contributed by atoms with E-state index in [-0.39, 0.29) is 5.56 Å². The Morgan fingerprint density at radius 1 is 0.962 bits per heavy atom. The van der Waals surface area contributed by atoms with E-state index in [1.54, 1.807) is 43.5 Å². The molecule has 0 spiro atoms. The Morgan fingerprint density at radius 3 is 2.31 bits per heavy atom. The number of amides is 2. The van der Waals surface area contributed by atoms with Gasteiger partial charge in [-0.25, -0.2) is 0 Å². The zero-order valence-corrected chi connectivity index (χ0v) is 14.7. The van der Waals surface area contributed by atoms with Gasteiger partial charge in [0.05, 0.1) is 32.6 Å². The average Bonchev–Trinajstić information content (AvgIpc) is 2.66. The highest BCUT2D eigenvalue weighted by Crippen LogP contribution is 2.28. The highest BCUT2D eigenvalue weighted by atomic mass is 16.5. The van der Waals surface area contributed by atoms with Crippen molar-refractivity contribution < 1.29 is 23.8 Å². The summed E-state index contributed by atoms with van der Waals surface area (Å²) in [5, 5.41) is 2.63. The SMILES string of the molecule is COc1ccc(NC(=O)C=Cc2ccc(OC)c(OC)c2)c(C(N)=O)c1. The van der Waals surface area contributed by atoms with Crippen LogP contribution in [0.1, 0.15) is 15.9 Å². The molecular formula is C19H20N2O5. The molecule has 0 aliphatic heterocycles. The molecule has 136 valence electrons. The summed E-state index contributed by atoms with van der Waals surface area (Å²) < 4.78 is 15.4. The molecule has 2 aromatic carbocycles. The minimum absolute atomic E-state index is 0.164. The lowest BCUT2D eigenvalue weighted by molar-refractivity contribution is -0.111. The number of anilines is 1. The van der Waals surface area contributed by atoms with E-state index < -0.39 is 11.8 Å². The molecule has 3 N–H and O–H groups in total. The van der Waals surface area contributed by atoms with E-state index in [1.165, 1.54) is 26.4 Å². The normalized spacial score (nSPS) is 10.4. The van der Waals surface area contributed by atoms with Crippen LogP contribution in [0.15, 0.2) is 42.5 Å². The van der Waals surface area contributed by atoms with Crippen LogP contribution >= 0.6 is 0 Å². The Morgan fingerprint density at radius 2 is 1.69 bits per heavy atom. The van der Waals surface area contributed by atoms with Crippen molar-refractivity contribution in [1.29, 1.82) is 0 Å². The fourth-order valence-corrected chi connectivity index (χ4v) is 2.27. The van der Waals surface area contributed by atoms with E-state index in [9.17, 15) is 9.59 Å². The molecule has 2 rings (SSSR count). The molecule has 0 aliphatic carbocycles. The predicted octanol–water partition coefficient (Wildman–Crippen LogP) is 2.46. The number of nitrogens with one attached hydrogen (secondary N) is 1. The fourth-order valence-electron chi connectivity index (χ4n) is 2.27. The summed E-state index contributed by atoms with van der Waals surface area (Å²) in [5.74, 6) is 0.549. The van der Waals surface area contributed by atoms with Crippen LogP contribution < -0.4 is 25.3 Å². The number of benzene rings is 2. The summed E-state index contributed by atoms with van der Waals surface area (Å²) >= 11 is 0. The lowest BCUT2D eigenvalue weighted by atomic mass is 10.1. The van der Waals surface area contributed by atoms with E-state index in [1.807, 2.05) is 0 Å². The average molecular weight is 356 g/mol. The third-order valence-corrected chi connectivity index (χ3v) is 3.58. The molecule has 26 heavy (non-hydrogen) atoms. The number of hydrogen-bond donors (Lipinski definition) is 2. The summed E-state index contributed by atoms with van der Waals surface area (Å²) in [6.45, 7) is 0. The summed E-state index contributed by atoms with van der Waals surface area (Å²) in [7, 11) is 4.56. The van der Waals surface area contributed by atoms with Crippen molar-refractivity contribution in [3.8, 4) is 17.2 Å². The van der Waals surface area contributed by atoms with Gasteiger partial charge in [-0.1, -0.05) is 6.07 Å². The summed E-state index contributed by atoms with van der Waals surface area (Å²) in [5.41, 5.74) is 6.57. The second kappa shape index (κ2) is 8.57. The van der Waals surface area contributed by atoms with Crippen LogP contribution in [0.2, 0.25) is 0 Å². The van der Waals surface area contributed by atoms with Gasteiger partial charge in [0.15, 0.2) is 11.5 Å². The first-order valence-corrected chi connectivity index (χ1v) is 7.67. The molecule has 0 saturated heterocycles. The summed E-state index contributed by atoms with van der Waals surface area (Å²) in [6, 6.07) is 9.92. The molecule has 0 heterocycles. The minimum Gasteiger partial charge on any atom is -0.497 e.